The number of rotatable bonds is 3. The van der Waals surface area contributed by atoms with Gasteiger partial charge in [-0.2, -0.15) is 0 Å². The van der Waals surface area contributed by atoms with Gasteiger partial charge in [-0.15, -0.1) is 0 Å². The Morgan fingerprint density at radius 2 is 1.86 bits per heavy atom. The Morgan fingerprint density at radius 1 is 1.07 bits per heavy atom. The van der Waals surface area contributed by atoms with Gasteiger partial charge in [0.25, 0.3) is 5.91 Å². The van der Waals surface area contributed by atoms with E-state index in [9.17, 15) is 24.3 Å². The molecule has 0 aromatic heterocycles. The zero-order valence-corrected chi connectivity index (χ0v) is 15.5. The third kappa shape index (κ3) is 3.56. The number of nitrogens with one attached hydrogen (secondary N) is 1. The van der Waals surface area contributed by atoms with Crippen molar-refractivity contribution < 1.29 is 24.3 Å². The van der Waals surface area contributed by atoms with Gasteiger partial charge < -0.3 is 10.0 Å². The number of carboxylic acids is 1. The Labute approximate surface area is 166 Å². The van der Waals surface area contributed by atoms with Gasteiger partial charge in [0.2, 0.25) is 5.91 Å². The quantitative estimate of drug-likeness (QED) is 0.829. The first-order valence-corrected chi connectivity index (χ1v) is 9.25. The predicted molar refractivity (Wildman–Crippen MR) is 104 cm³/mol. The van der Waals surface area contributed by atoms with Crippen LogP contribution in [0.2, 0.25) is 0 Å². The van der Waals surface area contributed by atoms with E-state index in [4.69, 9.17) is 0 Å². The first-order valence-electron chi connectivity index (χ1n) is 9.25. The molecule has 0 radical (unpaired) electrons. The van der Waals surface area contributed by atoms with Crippen LogP contribution >= 0.6 is 0 Å². The van der Waals surface area contributed by atoms with Crippen LogP contribution in [0.1, 0.15) is 33.8 Å². The second kappa shape index (κ2) is 7.38. The number of hydrogen-bond donors (Lipinski definition) is 2. The highest BCUT2D eigenvalue weighted by Crippen LogP contribution is 2.30. The number of carbonyl (C=O) groups excluding carboxylic acids is 3. The molecule has 1 saturated heterocycles. The topological polar surface area (TPSA) is 107 Å². The van der Waals surface area contributed by atoms with Crippen LogP contribution in [0.4, 0.5) is 10.5 Å². The van der Waals surface area contributed by atoms with Gasteiger partial charge in [0, 0.05) is 37.3 Å². The van der Waals surface area contributed by atoms with Crippen LogP contribution in [-0.4, -0.2) is 46.9 Å². The molecule has 0 saturated carbocycles. The molecule has 0 spiro atoms. The molecule has 1 atom stereocenters. The van der Waals surface area contributed by atoms with Crippen molar-refractivity contribution in [3.05, 3.63) is 65.2 Å². The number of nitrogens with zero attached hydrogens (tertiary/aromatic N) is 2. The second-order valence-corrected chi connectivity index (χ2v) is 7.08. The molecule has 29 heavy (non-hydrogen) atoms. The van der Waals surface area contributed by atoms with Crippen LogP contribution in [-0.2, 0) is 16.1 Å². The van der Waals surface area contributed by atoms with Gasteiger partial charge in [-0.25, -0.2) is 4.79 Å². The van der Waals surface area contributed by atoms with E-state index in [0.717, 1.165) is 11.1 Å². The van der Waals surface area contributed by atoms with Gasteiger partial charge in [-0.1, -0.05) is 30.3 Å². The molecule has 0 bridgehead atoms. The highest BCUT2D eigenvalue weighted by Gasteiger charge is 2.33. The number of amides is 4. The molecule has 1 unspecified atom stereocenters. The van der Waals surface area contributed by atoms with Crippen molar-refractivity contribution in [2.45, 2.75) is 18.9 Å². The summed E-state index contributed by atoms with van der Waals surface area (Å²) in [6.45, 7) is 0.635. The highest BCUT2D eigenvalue weighted by molar-refractivity contribution is 6.06. The SMILES string of the molecule is O=C1CCN(c2cccc(C(=O)N3Cc4ccccc4C(C(=O)O)C3)c2)C(=O)N1. The average molecular weight is 393 g/mol. The molecule has 8 nitrogen and oxygen atoms in total. The lowest BCUT2D eigenvalue weighted by molar-refractivity contribution is -0.139. The standard InChI is InChI=1S/C21H19N3O5/c25-18-8-9-24(21(29)22-18)15-6-3-5-13(10-15)19(26)23-11-14-4-1-2-7-16(14)17(12-23)20(27)28/h1-7,10,17H,8-9,11-12H2,(H,27,28)(H,22,25,29). The summed E-state index contributed by atoms with van der Waals surface area (Å²) in [6, 6.07) is 13.3. The third-order valence-corrected chi connectivity index (χ3v) is 5.24. The van der Waals surface area contributed by atoms with Crippen LogP contribution in [0.25, 0.3) is 0 Å². The Morgan fingerprint density at radius 3 is 2.62 bits per heavy atom. The molecule has 1 fully saturated rings. The number of anilines is 1. The molecule has 8 heteroatoms. The smallest absolute Gasteiger partial charge is 0.328 e. The normalized spacial score (nSPS) is 18.8. The summed E-state index contributed by atoms with van der Waals surface area (Å²) >= 11 is 0. The van der Waals surface area contributed by atoms with Gasteiger partial charge in [0.05, 0.1) is 5.92 Å². The highest BCUT2D eigenvalue weighted by atomic mass is 16.4. The molecule has 2 aromatic carbocycles. The number of urea groups is 1. The Hall–Kier alpha value is -3.68. The number of carbonyl (C=O) groups is 4. The zero-order valence-electron chi connectivity index (χ0n) is 15.5. The number of imide groups is 1. The number of fused-ring (bicyclic) bond motifs is 1. The summed E-state index contributed by atoms with van der Waals surface area (Å²) in [7, 11) is 0. The molecule has 148 valence electrons. The third-order valence-electron chi connectivity index (χ3n) is 5.24. The van der Waals surface area contributed by atoms with Gasteiger partial charge in [-0.05, 0) is 29.3 Å². The van der Waals surface area contributed by atoms with Gasteiger partial charge >= 0.3 is 12.0 Å². The fraction of sp³-hybridized carbons (Fsp3) is 0.238. The maximum Gasteiger partial charge on any atom is 0.328 e. The maximum absolute atomic E-state index is 13.1. The van der Waals surface area contributed by atoms with E-state index in [1.54, 1.807) is 36.4 Å². The fourth-order valence-corrected chi connectivity index (χ4v) is 3.77. The number of carboxylic acid groups (broad SMARTS) is 1. The number of hydrogen-bond acceptors (Lipinski definition) is 4. The van der Waals surface area contributed by atoms with E-state index in [2.05, 4.69) is 5.32 Å². The predicted octanol–water partition coefficient (Wildman–Crippen LogP) is 1.96. The summed E-state index contributed by atoms with van der Waals surface area (Å²) in [6.07, 6.45) is 0.188. The van der Waals surface area contributed by atoms with E-state index in [-0.39, 0.29) is 31.3 Å². The van der Waals surface area contributed by atoms with E-state index < -0.39 is 17.9 Å². The minimum Gasteiger partial charge on any atom is -0.481 e. The fourth-order valence-electron chi connectivity index (χ4n) is 3.77. The molecule has 2 heterocycles. The molecule has 4 amide bonds. The van der Waals surface area contributed by atoms with Crippen LogP contribution in [0.15, 0.2) is 48.5 Å². The molecular formula is C21H19N3O5. The first kappa shape index (κ1) is 18.7. The number of aliphatic carboxylic acids is 1. The Kier molecular flexibility index (Phi) is 4.75. The van der Waals surface area contributed by atoms with E-state index in [0.29, 0.717) is 17.8 Å². The minimum absolute atomic E-state index is 0.0775. The summed E-state index contributed by atoms with van der Waals surface area (Å²) in [5, 5.41) is 11.9. The van der Waals surface area contributed by atoms with Crippen molar-refractivity contribution in [1.29, 1.82) is 0 Å². The van der Waals surface area contributed by atoms with Crippen molar-refractivity contribution in [1.82, 2.24) is 10.2 Å². The summed E-state index contributed by atoms with van der Waals surface area (Å²) < 4.78 is 0. The molecule has 2 aliphatic rings. The zero-order chi connectivity index (χ0) is 20.5. The van der Waals surface area contributed by atoms with Crippen LogP contribution in [0.3, 0.4) is 0 Å². The maximum atomic E-state index is 13.1. The largest absolute Gasteiger partial charge is 0.481 e. The molecule has 2 N–H and O–H groups in total. The summed E-state index contributed by atoms with van der Waals surface area (Å²) in [5.41, 5.74) is 2.40. The van der Waals surface area contributed by atoms with Gasteiger partial charge in [-0.3, -0.25) is 24.6 Å². The minimum atomic E-state index is -0.974. The lowest BCUT2D eigenvalue weighted by atomic mass is 9.89. The molecular weight excluding hydrogens is 374 g/mol. The molecule has 2 aromatic rings. The second-order valence-electron chi connectivity index (χ2n) is 7.08. The average Bonchev–Trinajstić information content (AvgIpc) is 2.72. The van der Waals surface area contributed by atoms with Crippen molar-refractivity contribution >= 4 is 29.5 Å². The molecule has 2 aliphatic heterocycles. The van der Waals surface area contributed by atoms with E-state index in [1.165, 1.54) is 9.80 Å². The van der Waals surface area contributed by atoms with Crippen molar-refractivity contribution in [3.8, 4) is 0 Å². The van der Waals surface area contributed by atoms with Crippen LogP contribution in [0, 0.1) is 0 Å². The lowest BCUT2D eigenvalue weighted by Crippen LogP contribution is -2.49. The van der Waals surface area contributed by atoms with Crippen molar-refractivity contribution in [3.63, 3.8) is 0 Å². The molecule has 4 rings (SSSR count). The van der Waals surface area contributed by atoms with Crippen molar-refractivity contribution in [2.24, 2.45) is 0 Å². The van der Waals surface area contributed by atoms with Crippen molar-refractivity contribution in [2.75, 3.05) is 18.0 Å². The van der Waals surface area contributed by atoms with Crippen LogP contribution in [0.5, 0.6) is 0 Å². The van der Waals surface area contributed by atoms with E-state index in [1.807, 2.05) is 12.1 Å². The number of benzene rings is 2. The van der Waals surface area contributed by atoms with Gasteiger partial charge in [0.1, 0.15) is 0 Å². The lowest BCUT2D eigenvalue weighted by Gasteiger charge is -2.33. The van der Waals surface area contributed by atoms with E-state index >= 15 is 0 Å². The van der Waals surface area contributed by atoms with Crippen LogP contribution < -0.4 is 10.2 Å². The Bertz CT molecular complexity index is 1020. The summed E-state index contributed by atoms with van der Waals surface area (Å²) in [4.78, 5) is 51.2. The Balaban J connectivity index is 1.60. The summed E-state index contributed by atoms with van der Waals surface area (Å²) in [5.74, 6) is -2.39. The monoisotopic (exact) mass is 393 g/mol. The first-order chi connectivity index (χ1) is 13.9. The molecule has 0 aliphatic carbocycles. The van der Waals surface area contributed by atoms with Gasteiger partial charge in [0.15, 0.2) is 0 Å².